The second-order valence-corrected chi connectivity index (χ2v) is 6.85. The number of benzene rings is 1. The molecule has 6 nitrogen and oxygen atoms in total. The number of ether oxygens (including phenoxy) is 2. The van der Waals surface area contributed by atoms with Gasteiger partial charge < -0.3 is 20.1 Å². The van der Waals surface area contributed by atoms with Gasteiger partial charge in [-0.15, -0.1) is 24.0 Å². The number of morpholine rings is 1. The van der Waals surface area contributed by atoms with Crippen LogP contribution in [0.5, 0.6) is 5.75 Å². The molecular formula is C19H31IN4O2. The van der Waals surface area contributed by atoms with Crippen molar-refractivity contribution in [2.75, 3.05) is 47.0 Å². The molecule has 0 radical (unpaired) electrons. The summed E-state index contributed by atoms with van der Waals surface area (Å²) in [5, 5.41) is 7.01. The quantitative estimate of drug-likeness (QED) is 0.377. The van der Waals surface area contributed by atoms with Crippen molar-refractivity contribution in [2.24, 2.45) is 10.9 Å². The summed E-state index contributed by atoms with van der Waals surface area (Å²) in [4.78, 5) is 6.85. The first-order valence-corrected chi connectivity index (χ1v) is 9.14. The molecule has 1 aromatic rings. The molecule has 146 valence electrons. The Kier molecular flexibility index (Phi) is 8.43. The van der Waals surface area contributed by atoms with E-state index in [4.69, 9.17) is 9.47 Å². The van der Waals surface area contributed by atoms with E-state index >= 15 is 0 Å². The van der Waals surface area contributed by atoms with Crippen LogP contribution in [0.4, 0.5) is 0 Å². The second kappa shape index (κ2) is 10.3. The Balaban J connectivity index is 0.00000243. The molecule has 1 aliphatic heterocycles. The van der Waals surface area contributed by atoms with Crippen LogP contribution in [-0.2, 0) is 4.74 Å². The SMILES string of the molecule is CN=C(NCC(c1ccc(OC)cc1)N1CCOCC1)NC1CC1C.I. The molecule has 3 atom stereocenters. The van der Waals surface area contributed by atoms with E-state index < -0.39 is 0 Å². The van der Waals surface area contributed by atoms with Gasteiger partial charge in [0.2, 0.25) is 0 Å². The molecule has 3 rings (SSSR count). The number of aliphatic imine (C=N–C) groups is 1. The van der Waals surface area contributed by atoms with Crippen molar-refractivity contribution < 1.29 is 9.47 Å². The monoisotopic (exact) mass is 474 g/mol. The predicted octanol–water partition coefficient (Wildman–Crippen LogP) is 2.26. The molecule has 2 N–H and O–H groups in total. The van der Waals surface area contributed by atoms with Gasteiger partial charge >= 0.3 is 0 Å². The predicted molar refractivity (Wildman–Crippen MR) is 116 cm³/mol. The molecule has 1 heterocycles. The third-order valence-corrected chi connectivity index (χ3v) is 5.11. The standard InChI is InChI=1S/C19H30N4O2.HI/c1-14-12-17(14)22-19(20-2)21-13-18(23-8-10-25-11-9-23)15-4-6-16(24-3)7-5-15;/h4-7,14,17-18H,8-13H2,1-3H3,(H2,20,21,22);1H. The molecule has 7 heteroatoms. The molecular weight excluding hydrogens is 443 g/mol. The van der Waals surface area contributed by atoms with Gasteiger partial charge in [-0.25, -0.2) is 0 Å². The van der Waals surface area contributed by atoms with Gasteiger partial charge in [0.25, 0.3) is 0 Å². The zero-order valence-electron chi connectivity index (χ0n) is 15.9. The summed E-state index contributed by atoms with van der Waals surface area (Å²) in [5.41, 5.74) is 1.28. The first kappa shape index (κ1) is 21.2. The summed E-state index contributed by atoms with van der Waals surface area (Å²) in [7, 11) is 3.53. The van der Waals surface area contributed by atoms with Crippen LogP contribution in [0.3, 0.4) is 0 Å². The van der Waals surface area contributed by atoms with Gasteiger partial charge in [0.05, 0.1) is 26.4 Å². The van der Waals surface area contributed by atoms with Crippen LogP contribution >= 0.6 is 24.0 Å². The molecule has 26 heavy (non-hydrogen) atoms. The van der Waals surface area contributed by atoms with E-state index in [1.807, 2.05) is 19.2 Å². The maximum Gasteiger partial charge on any atom is 0.191 e. The molecule has 0 spiro atoms. The van der Waals surface area contributed by atoms with Crippen molar-refractivity contribution >= 4 is 29.9 Å². The van der Waals surface area contributed by atoms with Crippen molar-refractivity contribution in [2.45, 2.75) is 25.4 Å². The largest absolute Gasteiger partial charge is 0.497 e. The Labute approximate surface area is 173 Å². The summed E-state index contributed by atoms with van der Waals surface area (Å²) in [6, 6.07) is 9.21. The summed E-state index contributed by atoms with van der Waals surface area (Å²) in [6.07, 6.45) is 1.23. The summed E-state index contributed by atoms with van der Waals surface area (Å²) >= 11 is 0. The van der Waals surface area contributed by atoms with Crippen molar-refractivity contribution in [3.8, 4) is 5.75 Å². The van der Waals surface area contributed by atoms with Gasteiger partial charge in [-0.05, 0) is 30.0 Å². The van der Waals surface area contributed by atoms with Crippen LogP contribution in [0.1, 0.15) is 24.9 Å². The maximum absolute atomic E-state index is 5.52. The van der Waals surface area contributed by atoms with Crippen LogP contribution in [0.2, 0.25) is 0 Å². The van der Waals surface area contributed by atoms with Crippen molar-refractivity contribution in [3.63, 3.8) is 0 Å². The molecule has 1 saturated heterocycles. The van der Waals surface area contributed by atoms with Crippen LogP contribution < -0.4 is 15.4 Å². The molecule has 2 fully saturated rings. The van der Waals surface area contributed by atoms with Gasteiger partial charge in [0.1, 0.15) is 5.75 Å². The highest BCUT2D eigenvalue weighted by Crippen LogP contribution is 2.29. The Bertz CT molecular complexity index is 575. The van der Waals surface area contributed by atoms with Crippen LogP contribution in [0.25, 0.3) is 0 Å². The summed E-state index contributed by atoms with van der Waals surface area (Å²) in [6.45, 7) is 6.55. The number of halogens is 1. The van der Waals surface area contributed by atoms with Crippen LogP contribution in [0.15, 0.2) is 29.3 Å². The Morgan fingerprint density at radius 3 is 2.50 bits per heavy atom. The molecule has 0 aromatic heterocycles. The van der Waals surface area contributed by atoms with Gasteiger partial charge in [0, 0.05) is 32.7 Å². The van der Waals surface area contributed by atoms with Crippen LogP contribution in [-0.4, -0.2) is 63.9 Å². The van der Waals surface area contributed by atoms with Crippen LogP contribution in [0, 0.1) is 5.92 Å². The highest BCUT2D eigenvalue weighted by molar-refractivity contribution is 14.0. The van der Waals surface area contributed by atoms with Crippen molar-refractivity contribution in [1.29, 1.82) is 0 Å². The lowest BCUT2D eigenvalue weighted by atomic mass is 10.0. The first-order valence-electron chi connectivity index (χ1n) is 9.14. The number of nitrogens with zero attached hydrogens (tertiary/aromatic N) is 2. The fourth-order valence-corrected chi connectivity index (χ4v) is 3.26. The van der Waals surface area contributed by atoms with E-state index in [1.165, 1.54) is 12.0 Å². The van der Waals surface area contributed by atoms with Crippen molar-refractivity contribution in [1.82, 2.24) is 15.5 Å². The molecule has 3 unspecified atom stereocenters. The minimum atomic E-state index is 0. The average Bonchev–Trinajstić information content (AvgIpc) is 3.37. The third-order valence-electron chi connectivity index (χ3n) is 5.11. The number of hydrogen-bond acceptors (Lipinski definition) is 4. The van der Waals surface area contributed by atoms with E-state index in [1.54, 1.807) is 7.11 Å². The number of guanidine groups is 1. The van der Waals surface area contributed by atoms with Gasteiger partial charge in [-0.2, -0.15) is 0 Å². The number of rotatable bonds is 6. The minimum Gasteiger partial charge on any atom is -0.497 e. The molecule has 1 aromatic carbocycles. The smallest absolute Gasteiger partial charge is 0.191 e. The number of methoxy groups -OCH3 is 1. The highest BCUT2D eigenvalue weighted by atomic mass is 127. The fraction of sp³-hybridized carbons (Fsp3) is 0.632. The van der Waals surface area contributed by atoms with Gasteiger partial charge in [0.15, 0.2) is 5.96 Å². The summed E-state index contributed by atoms with van der Waals surface area (Å²) < 4.78 is 10.8. The van der Waals surface area contributed by atoms with Gasteiger partial charge in [-0.1, -0.05) is 19.1 Å². The van der Waals surface area contributed by atoms with Gasteiger partial charge in [-0.3, -0.25) is 9.89 Å². The Hall–Kier alpha value is -1.06. The molecule has 0 bridgehead atoms. The third kappa shape index (κ3) is 5.72. The Morgan fingerprint density at radius 1 is 1.31 bits per heavy atom. The summed E-state index contributed by atoms with van der Waals surface area (Å²) in [5.74, 6) is 2.52. The molecule has 2 aliphatic rings. The lowest BCUT2D eigenvalue weighted by Gasteiger charge is -2.35. The fourth-order valence-electron chi connectivity index (χ4n) is 3.26. The maximum atomic E-state index is 5.52. The Morgan fingerprint density at radius 2 is 1.96 bits per heavy atom. The lowest BCUT2D eigenvalue weighted by Crippen LogP contribution is -2.46. The zero-order valence-corrected chi connectivity index (χ0v) is 18.2. The second-order valence-electron chi connectivity index (χ2n) is 6.85. The van der Waals surface area contributed by atoms with E-state index in [-0.39, 0.29) is 30.0 Å². The highest BCUT2D eigenvalue weighted by Gasteiger charge is 2.33. The first-order chi connectivity index (χ1) is 12.2. The number of nitrogens with one attached hydrogen (secondary N) is 2. The molecule has 1 saturated carbocycles. The topological polar surface area (TPSA) is 58.1 Å². The minimum absolute atomic E-state index is 0. The zero-order chi connectivity index (χ0) is 17.6. The van der Waals surface area contributed by atoms with E-state index in [2.05, 4.69) is 39.6 Å². The normalized spacial score (nSPS) is 24.3. The lowest BCUT2D eigenvalue weighted by molar-refractivity contribution is 0.0170. The van der Waals surface area contributed by atoms with E-state index in [0.29, 0.717) is 6.04 Å². The van der Waals surface area contributed by atoms with Crippen molar-refractivity contribution in [3.05, 3.63) is 29.8 Å². The molecule has 1 aliphatic carbocycles. The van der Waals surface area contributed by atoms with E-state index in [0.717, 1.165) is 50.5 Å². The molecule has 0 amide bonds. The van der Waals surface area contributed by atoms with E-state index in [9.17, 15) is 0 Å². The number of hydrogen-bond donors (Lipinski definition) is 2. The average molecular weight is 474 g/mol.